The van der Waals surface area contributed by atoms with E-state index in [-0.39, 0.29) is 11.1 Å². The largest absolute Gasteiger partial charge is 0.307 e. The van der Waals surface area contributed by atoms with Crippen LogP contribution in [0.5, 0.6) is 0 Å². The van der Waals surface area contributed by atoms with Crippen LogP contribution in [0.15, 0.2) is 12.1 Å². The molecule has 0 bridgehead atoms. The molecule has 0 radical (unpaired) electrons. The van der Waals surface area contributed by atoms with Crippen molar-refractivity contribution in [2.45, 2.75) is 6.92 Å². The van der Waals surface area contributed by atoms with Gasteiger partial charge in [0.2, 0.25) is 5.82 Å². The average Bonchev–Trinajstić information content (AvgIpc) is 2.01. The predicted octanol–water partition coefficient (Wildman–Crippen LogP) is 2.42. The van der Waals surface area contributed by atoms with Crippen LogP contribution in [0.2, 0.25) is 0 Å². The maximum Gasteiger partial charge on any atom is 0.307 e. The molecule has 0 amide bonds. The van der Waals surface area contributed by atoms with Crippen molar-refractivity contribution in [3.63, 3.8) is 0 Å². The third-order valence-corrected chi connectivity index (χ3v) is 1.88. The van der Waals surface area contributed by atoms with E-state index < -0.39 is 21.7 Å². The Morgan fingerprint density at radius 2 is 2.14 bits per heavy atom. The minimum absolute atomic E-state index is 0.0685. The molecular weight excluding hydrogens is 213 g/mol. The van der Waals surface area contributed by atoms with Gasteiger partial charge < -0.3 is 0 Å². The molecular formula is C8H5ClFNO3. The molecule has 0 unspecified atom stereocenters. The Balaban J connectivity index is 3.39. The molecule has 0 N–H and O–H groups in total. The van der Waals surface area contributed by atoms with Crippen LogP contribution in [0.1, 0.15) is 15.9 Å². The minimum atomic E-state index is -1.06. The molecule has 0 aliphatic heterocycles. The van der Waals surface area contributed by atoms with Gasteiger partial charge in [0, 0.05) is 11.1 Å². The second-order valence-electron chi connectivity index (χ2n) is 2.65. The summed E-state index contributed by atoms with van der Waals surface area (Å²) < 4.78 is 13.1. The van der Waals surface area contributed by atoms with E-state index in [4.69, 9.17) is 11.6 Å². The van der Waals surface area contributed by atoms with Crippen LogP contribution in [0.3, 0.4) is 0 Å². The fraction of sp³-hybridized carbons (Fsp3) is 0.125. The van der Waals surface area contributed by atoms with E-state index in [1.165, 1.54) is 13.0 Å². The number of hydrogen-bond acceptors (Lipinski definition) is 3. The van der Waals surface area contributed by atoms with E-state index in [0.717, 1.165) is 6.07 Å². The molecule has 0 saturated carbocycles. The van der Waals surface area contributed by atoms with Crippen LogP contribution in [-0.4, -0.2) is 10.2 Å². The zero-order valence-electron chi connectivity index (χ0n) is 7.08. The Bertz CT molecular complexity index is 396. The van der Waals surface area contributed by atoms with Crippen LogP contribution >= 0.6 is 11.6 Å². The molecule has 0 atom stereocenters. The molecule has 1 rings (SSSR count). The summed E-state index contributed by atoms with van der Waals surface area (Å²) in [5, 5.41) is 9.53. The van der Waals surface area contributed by atoms with E-state index in [1.807, 2.05) is 0 Å². The van der Waals surface area contributed by atoms with Crippen molar-refractivity contribution in [2.24, 2.45) is 0 Å². The van der Waals surface area contributed by atoms with Gasteiger partial charge in [0.15, 0.2) is 0 Å². The van der Waals surface area contributed by atoms with E-state index in [9.17, 15) is 19.3 Å². The maximum atomic E-state index is 13.1. The first-order valence-electron chi connectivity index (χ1n) is 3.58. The molecule has 0 aromatic heterocycles. The van der Waals surface area contributed by atoms with Crippen molar-refractivity contribution in [3.8, 4) is 0 Å². The van der Waals surface area contributed by atoms with Crippen molar-refractivity contribution in [1.29, 1.82) is 0 Å². The first kappa shape index (κ1) is 10.6. The number of benzene rings is 1. The number of halogens is 2. The van der Waals surface area contributed by atoms with Crippen molar-refractivity contribution in [1.82, 2.24) is 0 Å². The van der Waals surface area contributed by atoms with Crippen molar-refractivity contribution in [2.75, 3.05) is 0 Å². The number of nitrogens with zero attached hydrogens (tertiary/aromatic N) is 1. The van der Waals surface area contributed by atoms with Crippen molar-refractivity contribution in [3.05, 3.63) is 39.2 Å². The Labute approximate surface area is 83.4 Å². The van der Waals surface area contributed by atoms with E-state index >= 15 is 0 Å². The molecule has 0 heterocycles. The van der Waals surface area contributed by atoms with Crippen LogP contribution in [0.25, 0.3) is 0 Å². The normalized spacial score (nSPS) is 9.93. The number of nitro benzene ring substituents is 1. The van der Waals surface area contributed by atoms with Crippen LogP contribution in [-0.2, 0) is 0 Å². The van der Waals surface area contributed by atoms with Crippen LogP contribution < -0.4 is 0 Å². The highest BCUT2D eigenvalue weighted by atomic mass is 35.5. The smallest absolute Gasteiger partial charge is 0.276 e. The van der Waals surface area contributed by atoms with E-state index in [1.54, 1.807) is 0 Å². The molecule has 0 fully saturated rings. The summed E-state index contributed by atoms with van der Waals surface area (Å²) in [5.74, 6) is -1.06. The lowest BCUT2D eigenvalue weighted by Crippen LogP contribution is -1.99. The zero-order valence-corrected chi connectivity index (χ0v) is 7.84. The fourth-order valence-corrected chi connectivity index (χ4v) is 1.19. The molecule has 74 valence electrons. The lowest BCUT2D eigenvalue weighted by atomic mass is 10.1. The van der Waals surface area contributed by atoms with Crippen molar-refractivity contribution < 1.29 is 14.1 Å². The van der Waals surface area contributed by atoms with Crippen LogP contribution in [0.4, 0.5) is 10.1 Å². The monoisotopic (exact) mass is 217 g/mol. The number of nitro groups is 1. The Kier molecular flexibility index (Phi) is 2.81. The topological polar surface area (TPSA) is 60.2 Å². The molecule has 0 aliphatic carbocycles. The quantitative estimate of drug-likeness (QED) is 0.434. The van der Waals surface area contributed by atoms with Gasteiger partial charge in [-0.1, -0.05) is 0 Å². The van der Waals surface area contributed by atoms with Gasteiger partial charge in [0.1, 0.15) is 0 Å². The van der Waals surface area contributed by atoms with Gasteiger partial charge in [0.25, 0.3) is 5.24 Å². The zero-order chi connectivity index (χ0) is 10.9. The van der Waals surface area contributed by atoms with Crippen molar-refractivity contribution >= 4 is 22.5 Å². The van der Waals surface area contributed by atoms with Gasteiger partial charge in [-0.15, -0.1) is 0 Å². The molecule has 0 spiro atoms. The summed E-state index contributed by atoms with van der Waals surface area (Å²) >= 11 is 5.10. The SMILES string of the molecule is Cc1cc(C(=O)Cl)cc(F)c1[N+](=O)[O-]. The summed E-state index contributed by atoms with van der Waals surface area (Å²) in [5.41, 5.74) is -0.655. The lowest BCUT2D eigenvalue weighted by molar-refractivity contribution is -0.388. The standard InChI is InChI=1S/C8H5ClFNO3/c1-4-2-5(8(9)12)3-6(10)7(4)11(13)14/h2-3H,1H3. The highest BCUT2D eigenvalue weighted by Gasteiger charge is 2.20. The third-order valence-electron chi connectivity index (χ3n) is 1.66. The molecule has 4 nitrogen and oxygen atoms in total. The molecule has 1 aromatic carbocycles. The summed E-state index contributed by atoms with van der Waals surface area (Å²) in [6, 6.07) is 1.93. The lowest BCUT2D eigenvalue weighted by Gasteiger charge is -2.00. The second kappa shape index (κ2) is 3.71. The highest BCUT2D eigenvalue weighted by Crippen LogP contribution is 2.24. The third kappa shape index (κ3) is 1.88. The van der Waals surface area contributed by atoms with Gasteiger partial charge in [-0.3, -0.25) is 14.9 Å². The predicted molar refractivity (Wildman–Crippen MR) is 48.0 cm³/mol. The number of hydrogen-bond donors (Lipinski definition) is 0. The average molecular weight is 218 g/mol. The first-order chi connectivity index (χ1) is 6.43. The fourth-order valence-electron chi connectivity index (χ4n) is 1.08. The van der Waals surface area contributed by atoms with Gasteiger partial charge in [-0.2, -0.15) is 4.39 Å². The molecule has 1 aromatic rings. The number of carbonyl (C=O) groups excluding carboxylic acids is 1. The first-order valence-corrected chi connectivity index (χ1v) is 3.95. The Morgan fingerprint density at radius 1 is 1.57 bits per heavy atom. The van der Waals surface area contributed by atoms with E-state index in [2.05, 4.69) is 0 Å². The van der Waals surface area contributed by atoms with Gasteiger partial charge in [0.05, 0.1) is 4.92 Å². The summed E-state index contributed by atoms with van der Waals surface area (Å²) in [4.78, 5) is 20.2. The molecule has 14 heavy (non-hydrogen) atoms. The van der Waals surface area contributed by atoms with Gasteiger partial charge in [-0.05, 0) is 30.7 Å². The van der Waals surface area contributed by atoms with Crippen LogP contribution in [0, 0.1) is 22.9 Å². The number of carbonyl (C=O) groups is 1. The summed E-state index contributed by atoms with van der Waals surface area (Å²) in [7, 11) is 0. The maximum absolute atomic E-state index is 13.1. The van der Waals surface area contributed by atoms with Gasteiger partial charge in [-0.25, -0.2) is 0 Å². The summed E-state index contributed by atoms with van der Waals surface area (Å²) in [6.07, 6.45) is 0. The van der Waals surface area contributed by atoms with Gasteiger partial charge >= 0.3 is 5.69 Å². The molecule has 0 saturated heterocycles. The Morgan fingerprint density at radius 3 is 2.50 bits per heavy atom. The number of aryl methyl sites for hydroxylation is 1. The minimum Gasteiger partial charge on any atom is -0.276 e. The summed E-state index contributed by atoms with van der Waals surface area (Å²) in [6.45, 7) is 1.34. The highest BCUT2D eigenvalue weighted by molar-refractivity contribution is 6.67. The second-order valence-corrected chi connectivity index (χ2v) is 3.00. The van der Waals surface area contributed by atoms with E-state index in [0.29, 0.717) is 0 Å². The molecule has 0 aliphatic rings. The number of rotatable bonds is 2. The molecule has 6 heteroatoms. The Hall–Kier alpha value is -1.49.